The number of aliphatic hydroxyl groups is 1. The molecule has 0 aliphatic heterocycles. The van der Waals surface area contributed by atoms with E-state index in [0.717, 1.165) is 5.56 Å². The van der Waals surface area contributed by atoms with Gasteiger partial charge in [0.1, 0.15) is 0 Å². The third-order valence-electron chi connectivity index (χ3n) is 2.66. The molecule has 1 aromatic rings. The van der Waals surface area contributed by atoms with Gasteiger partial charge in [-0.1, -0.05) is 23.2 Å². The number of carbonyl (C=O) groups is 1. The van der Waals surface area contributed by atoms with E-state index < -0.39 is 6.10 Å². The molecule has 1 atom stereocenters. The first kappa shape index (κ1) is 15.3. The Hall–Kier alpha value is -0.770. The van der Waals surface area contributed by atoms with E-state index in [2.05, 4.69) is 0 Å². The van der Waals surface area contributed by atoms with Gasteiger partial charge in [-0.3, -0.25) is 4.79 Å². The van der Waals surface area contributed by atoms with Crippen molar-refractivity contribution >= 4 is 29.1 Å². The molecule has 18 heavy (non-hydrogen) atoms. The Morgan fingerprint density at radius 3 is 2.72 bits per heavy atom. The number of rotatable bonds is 5. The van der Waals surface area contributed by atoms with Crippen LogP contribution in [0.4, 0.5) is 0 Å². The van der Waals surface area contributed by atoms with Gasteiger partial charge in [0.2, 0.25) is 5.91 Å². The number of nitrogens with zero attached hydrogens (tertiary/aromatic N) is 1. The quantitative estimate of drug-likeness (QED) is 0.906. The lowest BCUT2D eigenvalue weighted by Gasteiger charge is -2.18. The predicted octanol–water partition coefficient (Wildman–Crippen LogP) is 2.77. The van der Waals surface area contributed by atoms with E-state index in [0.29, 0.717) is 23.0 Å². The van der Waals surface area contributed by atoms with Gasteiger partial charge in [0.25, 0.3) is 0 Å². The van der Waals surface area contributed by atoms with E-state index in [1.165, 1.54) is 0 Å². The number of amides is 1. The standard InChI is InChI=1S/C13H17Cl2NO2/c1-9(17)5-6-16(2)13(18)8-10-7-11(14)3-4-12(10)15/h3-4,7,9,17H,5-6,8H2,1-2H3. The highest BCUT2D eigenvalue weighted by Crippen LogP contribution is 2.21. The second-order valence-electron chi connectivity index (χ2n) is 4.37. The van der Waals surface area contributed by atoms with Crippen molar-refractivity contribution in [3.63, 3.8) is 0 Å². The van der Waals surface area contributed by atoms with Crippen LogP contribution in [-0.2, 0) is 11.2 Å². The molecule has 0 aromatic heterocycles. The maximum Gasteiger partial charge on any atom is 0.226 e. The maximum atomic E-state index is 11.9. The Morgan fingerprint density at radius 1 is 1.44 bits per heavy atom. The molecule has 1 aromatic carbocycles. The zero-order valence-electron chi connectivity index (χ0n) is 10.5. The molecule has 5 heteroatoms. The van der Waals surface area contributed by atoms with Crippen LogP contribution in [0.2, 0.25) is 10.0 Å². The summed E-state index contributed by atoms with van der Waals surface area (Å²) in [4.78, 5) is 13.5. The van der Waals surface area contributed by atoms with Crippen molar-refractivity contribution in [1.29, 1.82) is 0 Å². The zero-order valence-corrected chi connectivity index (χ0v) is 12.0. The average molecular weight is 290 g/mol. The Balaban J connectivity index is 2.61. The maximum absolute atomic E-state index is 11.9. The number of hydrogen-bond acceptors (Lipinski definition) is 2. The fraction of sp³-hybridized carbons (Fsp3) is 0.462. The average Bonchev–Trinajstić information content (AvgIpc) is 2.30. The summed E-state index contributed by atoms with van der Waals surface area (Å²) in [6.45, 7) is 2.22. The van der Waals surface area contributed by atoms with E-state index in [4.69, 9.17) is 23.2 Å². The molecule has 3 nitrogen and oxygen atoms in total. The topological polar surface area (TPSA) is 40.5 Å². The lowest BCUT2D eigenvalue weighted by atomic mass is 10.1. The van der Waals surface area contributed by atoms with Crippen LogP contribution in [0.1, 0.15) is 18.9 Å². The summed E-state index contributed by atoms with van der Waals surface area (Å²) in [6.07, 6.45) is 0.372. The van der Waals surface area contributed by atoms with Gasteiger partial charge >= 0.3 is 0 Å². The summed E-state index contributed by atoms with van der Waals surface area (Å²) >= 11 is 11.9. The molecule has 0 radical (unpaired) electrons. The highest BCUT2D eigenvalue weighted by atomic mass is 35.5. The molecule has 1 amide bonds. The van der Waals surface area contributed by atoms with Gasteiger partial charge in [0, 0.05) is 23.6 Å². The van der Waals surface area contributed by atoms with Gasteiger partial charge in [-0.25, -0.2) is 0 Å². The molecule has 0 fully saturated rings. The molecule has 0 spiro atoms. The summed E-state index contributed by atoms with van der Waals surface area (Å²) < 4.78 is 0. The summed E-state index contributed by atoms with van der Waals surface area (Å²) in [5.41, 5.74) is 0.720. The fourth-order valence-electron chi connectivity index (χ4n) is 1.48. The number of aliphatic hydroxyl groups excluding tert-OH is 1. The number of halogens is 2. The first-order valence-corrected chi connectivity index (χ1v) is 6.51. The van der Waals surface area contributed by atoms with Crippen LogP contribution in [0.3, 0.4) is 0 Å². The molecule has 1 rings (SSSR count). The SMILES string of the molecule is CC(O)CCN(C)C(=O)Cc1cc(Cl)ccc1Cl. The highest BCUT2D eigenvalue weighted by Gasteiger charge is 2.12. The van der Waals surface area contributed by atoms with Crippen molar-refractivity contribution in [1.82, 2.24) is 4.90 Å². The Bertz CT molecular complexity index is 421. The van der Waals surface area contributed by atoms with Crippen molar-refractivity contribution in [3.8, 4) is 0 Å². The third-order valence-corrected chi connectivity index (χ3v) is 3.26. The van der Waals surface area contributed by atoms with Crippen LogP contribution in [0.25, 0.3) is 0 Å². The number of carbonyl (C=O) groups excluding carboxylic acids is 1. The van der Waals surface area contributed by atoms with Crippen LogP contribution in [0.5, 0.6) is 0 Å². The van der Waals surface area contributed by atoms with E-state index in [1.54, 1.807) is 37.1 Å². The molecular weight excluding hydrogens is 273 g/mol. The second-order valence-corrected chi connectivity index (χ2v) is 5.21. The van der Waals surface area contributed by atoms with Gasteiger partial charge in [0.15, 0.2) is 0 Å². The first-order chi connectivity index (χ1) is 8.40. The fourth-order valence-corrected chi connectivity index (χ4v) is 1.86. The molecule has 1 N–H and O–H groups in total. The van der Waals surface area contributed by atoms with E-state index >= 15 is 0 Å². The first-order valence-electron chi connectivity index (χ1n) is 5.76. The molecule has 0 aliphatic rings. The third kappa shape index (κ3) is 4.84. The Morgan fingerprint density at radius 2 is 2.11 bits per heavy atom. The molecule has 0 saturated carbocycles. The van der Waals surface area contributed by atoms with E-state index in [9.17, 15) is 9.90 Å². The van der Waals surface area contributed by atoms with Crippen LogP contribution in [0, 0.1) is 0 Å². The highest BCUT2D eigenvalue weighted by molar-refractivity contribution is 6.33. The molecular formula is C13H17Cl2NO2. The van der Waals surface area contributed by atoms with E-state index in [-0.39, 0.29) is 12.3 Å². The van der Waals surface area contributed by atoms with Crippen LogP contribution >= 0.6 is 23.2 Å². The molecule has 1 unspecified atom stereocenters. The monoisotopic (exact) mass is 289 g/mol. The van der Waals surface area contributed by atoms with Gasteiger partial charge in [-0.2, -0.15) is 0 Å². The van der Waals surface area contributed by atoms with E-state index in [1.807, 2.05) is 0 Å². The van der Waals surface area contributed by atoms with Crippen molar-refractivity contribution in [2.45, 2.75) is 25.9 Å². The molecule has 0 aliphatic carbocycles. The lowest BCUT2D eigenvalue weighted by Crippen LogP contribution is -2.30. The number of hydrogen-bond donors (Lipinski definition) is 1. The van der Waals surface area contributed by atoms with Crippen LogP contribution < -0.4 is 0 Å². The van der Waals surface area contributed by atoms with Crippen molar-refractivity contribution in [3.05, 3.63) is 33.8 Å². The minimum absolute atomic E-state index is 0.0418. The van der Waals surface area contributed by atoms with Crippen molar-refractivity contribution < 1.29 is 9.90 Å². The number of benzene rings is 1. The smallest absolute Gasteiger partial charge is 0.226 e. The predicted molar refractivity (Wildman–Crippen MR) is 74.1 cm³/mol. The summed E-state index contributed by atoms with van der Waals surface area (Å²) in [5.74, 6) is -0.0418. The van der Waals surface area contributed by atoms with Gasteiger partial charge in [-0.05, 0) is 37.1 Å². The van der Waals surface area contributed by atoms with Crippen molar-refractivity contribution in [2.24, 2.45) is 0 Å². The molecule has 100 valence electrons. The lowest BCUT2D eigenvalue weighted by molar-refractivity contribution is -0.129. The summed E-state index contributed by atoms with van der Waals surface area (Å²) in [7, 11) is 1.71. The Kier molecular flexibility index (Phi) is 5.93. The molecule has 0 heterocycles. The van der Waals surface area contributed by atoms with Crippen LogP contribution in [-0.4, -0.2) is 35.6 Å². The van der Waals surface area contributed by atoms with Crippen molar-refractivity contribution in [2.75, 3.05) is 13.6 Å². The molecule has 0 bridgehead atoms. The summed E-state index contributed by atoms with van der Waals surface area (Å²) in [5, 5.41) is 10.3. The molecule has 0 saturated heterocycles. The normalized spacial score (nSPS) is 12.3. The number of likely N-dealkylation sites (N-methyl/N-ethyl adjacent to an activating group) is 1. The minimum Gasteiger partial charge on any atom is -0.393 e. The zero-order chi connectivity index (χ0) is 13.7. The minimum atomic E-state index is -0.407. The van der Waals surface area contributed by atoms with Gasteiger partial charge < -0.3 is 10.0 Å². The van der Waals surface area contributed by atoms with Gasteiger partial charge in [-0.15, -0.1) is 0 Å². The largest absolute Gasteiger partial charge is 0.393 e. The van der Waals surface area contributed by atoms with Crippen LogP contribution in [0.15, 0.2) is 18.2 Å². The Labute approximate surface area is 117 Å². The summed E-state index contributed by atoms with van der Waals surface area (Å²) in [6, 6.07) is 5.07. The second kappa shape index (κ2) is 6.98. The van der Waals surface area contributed by atoms with Gasteiger partial charge in [0.05, 0.1) is 12.5 Å².